The van der Waals surface area contributed by atoms with Crippen LogP contribution in [0, 0.1) is 0 Å². The molecule has 114 valence electrons. The molecular formula is C18H21N3O. The summed E-state index contributed by atoms with van der Waals surface area (Å²) in [4.78, 5) is 16.2. The largest absolute Gasteiger partial charge is 0.334 e. The van der Waals surface area contributed by atoms with E-state index in [-0.39, 0.29) is 12.1 Å². The molecule has 1 heterocycles. The Balaban J connectivity index is 1.61. The molecule has 0 bridgehead atoms. The van der Waals surface area contributed by atoms with E-state index in [4.69, 9.17) is 0 Å². The van der Waals surface area contributed by atoms with Gasteiger partial charge in [0.15, 0.2) is 0 Å². The van der Waals surface area contributed by atoms with Gasteiger partial charge in [0.05, 0.1) is 6.04 Å². The van der Waals surface area contributed by atoms with Crippen LogP contribution in [0.4, 0.5) is 4.79 Å². The molecule has 0 spiro atoms. The van der Waals surface area contributed by atoms with Gasteiger partial charge in [-0.05, 0) is 42.0 Å². The molecule has 1 aromatic heterocycles. The lowest BCUT2D eigenvalue weighted by Crippen LogP contribution is -2.37. The molecule has 1 aliphatic carbocycles. The van der Waals surface area contributed by atoms with Crippen molar-refractivity contribution >= 4 is 6.03 Å². The van der Waals surface area contributed by atoms with E-state index in [0.29, 0.717) is 6.54 Å². The molecule has 2 N–H and O–H groups in total. The zero-order valence-electron chi connectivity index (χ0n) is 12.6. The number of urea groups is 1. The predicted octanol–water partition coefficient (Wildman–Crippen LogP) is 3.35. The Morgan fingerprint density at radius 1 is 1.18 bits per heavy atom. The highest BCUT2D eigenvalue weighted by molar-refractivity contribution is 5.74. The summed E-state index contributed by atoms with van der Waals surface area (Å²) in [6, 6.07) is 12.2. The van der Waals surface area contributed by atoms with Crippen molar-refractivity contribution < 1.29 is 4.79 Å². The minimum Gasteiger partial charge on any atom is -0.334 e. The highest BCUT2D eigenvalue weighted by atomic mass is 16.2. The highest BCUT2D eigenvalue weighted by Gasteiger charge is 2.19. The Hall–Kier alpha value is -2.36. The number of carbonyl (C=O) groups excluding carboxylic acids is 1. The Morgan fingerprint density at radius 3 is 2.95 bits per heavy atom. The summed E-state index contributed by atoms with van der Waals surface area (Å²) < 4.78 is 0. The molecule has 1 aliphatic rings. The first kappa shape index (κ1) is 14.6. The van der Waals surface area contributed by atoms with E-state index >= 15 is 0 Å². The summed E-state index contributed by atoms with van der Waals surface area (Å²) in [7, 11) is 0. The van der Waals surface area contributed by atoms with Crippen molar-refractivity contribution in [2.75, 3.05) is 0 Å². The number of hydrogen-bond acceptors (Lipinski definition) is 2. The third-order valence-electron chi connectivity index (χ3n) is 4.10. The molecular weight excluding hydrogens is 274 g/mol. The zero-order valence-corrected chi connectivity index (χ0v) is 12.6. The van der Waals surface area contributed by atoms with Crippen LogP contribution >= 0.6 is 0 Å². The fourth-order valence-corrected chi connectivity index (χ4v) is 2.97. The number of rotatable bonds is 3. The molecule has 1 unspecified atom stereocenters. The monoisotopic (exact) mass is 295 g/mol. The molecule has 0 radical (unpaired) electrons. The molecule has 4 heteroatoms. The first-order valence-corrected chi connectivity index (χ1v) is 7.84. The maximum atomic E-state index is 12.2. The van der Waals surface area contributed by atoms with Crippen LogP contribution in [-0.2, 0) is 13.0 Å². The van der Waals surface area contributed by atoms with E-state index in [2.05, 4.69) is 33.8 Å². The van der Waals surface area contributed by atoms with Crippen molar-refractivity contribution in [3.8, 4) is 0 Å². The SMILES string of the molecule is O=C(NCc1cccnc1)NC1CCCCc2ccccc21. The van der Waals surface area contributed by atoms with Crippen LogP contribution in [0.15, 0.2) is 48.8 Å². The molecule has 2 amide bonds. The second-order valence-corrected chi connectivity index (χ2v) is 5.69. The Labute approximate surface area is 131 Å². The van der Waals surface area contributed by atoms with Crippen molar-refractivity contribution in [3.63, 3.8) is 0 Å². The van der Waals surface area contributed by atoms with Crippen molar-refractivity contribution in [1.29, 1.82) is 0 Å². The van der Waals surface area contributed by atoms with E-state index in [0.717, 1.165) is 24.8 Å². The quantitative estimate of drug-likeness (QED) is 0.853. The van der Waals surface area contributed by atoms with Gasteiger partial charge in [-0.2, -0.15) is 0 Å². The minimum atomic E-state index is -0.120. The number of nitrogens with zero attached hydrogens (tertiary/aromatic N) is 1. The van der Waals surface area contributed by atoms with Gasteiger partial charge >= 0.3 is 6.03 Å². The summed E-state index contributed by atoms with van der Waals surface area (Å²) in [6.45, 7) is 0.494. The summed E-state index contributed by atoms with van der Waals surface area (Å²) in [5, 5.41) is 6.02. The fourth-order valence-electron chi connectivity index (χ4n) is 2.97. The van der Waals surface area contributed by atoms with Crippen molar-refractivity contribution in [2.24, 2.45) is 0 Å². The molecule has 0 saturated carbocycles. The first-order valence-electron chi connectivity index (χ1n) is 7.84. The number of amides is 2. The number of nitrogens with one attached hydrogen (secondary N) is 2. The van der Waals surface area contributed by atoms with Gasteiger partial charge in [-0.3, -0.25) is 4.98 Å². The number of carbonyl (C=O) groups is 1. The summed E-state index contributed by atoms with van der Waals surface area (Å²) in [5.74, 6) is 0. The van der Waals surface area contributed by atoms with Crippen LogP contribution in [0.5, 0.6) is 0 Å². The minimum absolute atomic E-state index is 0.104. The highest BCUT2D eigenvalue weighted by Crippen LogP contribution is 2.28. The summed E-state index contributed by atoms with van der Waals surface area (Å²) >= 11 is 0. The number of benzene rings is 1. The summed E-state index contributed by atoms with van der Waals surface area (Å²) in [6.07, 6.45) is 7.92. The van der Waals surface area contributed by atoms with Gasteiger partial charge in [-0.15, -0.1) is 0 Å². The molecule has 1 aromatic carbocycles. The van der Waals surface area contributed by atoms with Crippen LogP contribution < -0.4 is 10.6 Å². The standard InChI is InChI=1S/C18H21N3O/c22-18(20-13-14-6-5-11-19-12-14)21-17-10-4-2-8-15-7-1-3-9-16(15)17/h1,3,5-7,9,11-12,17H,2,4,8,10,13H2,(H2,20,21,22). The fraction of sp³-hybridized carbons (Fsp3) is 0.333. The predicted molar refractivity (Wildman–Crippen MR) is 86.3 cm³/mol. The summed E-state index contributed by atoms with van der Waals surface area (Å²) in [5.41, 5.74) is 3.62. The van der Waals surface area contributed by atoms with Crippen LogP contribution in [0.1, 0.15) is 42.0 Å². The Kier molecular flexibility index (Phi) is 4.68. The number of aromatic nitrogens is 1. The number of hydrogen-bond donors (Lipinski definition) is 2. The molecule has 0 fully saturated rings. The number of fused-ring (bicyclic) bond motifs is 1. The lowest BCUT2D eigenvalue weighted by atomic mass is 9.99. The van der Waals surface area contributed by atoms with Gasteiger partial charge < -0.3 is 10.6 Å². The van der Waals surface area contributed by atoms with Crippen molar-refractivity contribution in [2.45, 2.75) is 38.3 Å². The second kappa shape index (κ2) is 7.07. The van der Waals surface area contributed by atoms with E-state index in [1.807, 2.05) is 18.2 Å². The number of pyridine rings is 1. The van der Waals surface area contributed by atoms with Gasteiger partial charge in [-0.1, -0.05) is 36.8 Å². The van der Waals surface area contributed by atoms with E-state index < -0.39 is 0 Å². The molecule has 1 atom stereocenters. The van der Waals surface area contributed by atoms with Gasteiger partial charge in [0, 0.05) is 18.9 Å². The third-order valence-corrected chi connectivity index (χ3v) is 4.10. The molecule has 0 saturated heterocycles. The van der Waals surface area contributed by atoms with Crippen LogP contribution in [0.3, 0.4) is 0 Å². The van der Waals surface area contributed by atoms with Crippen LogP contribution in [0.25, 0.3) is 0 Å². The zero-order chi connectivity index (χ0) is 15.2. The first-order chi connectivity index (χ1) is 10.8. The average molecular weight is 295 g/mol. The molecule has 0 aliphatic heterocycles. The van der Waals surface area contributed by atoms with E-state index in [1.165, 1.54) is 17.5 Å². The van der Waals surface area contributed by atoms with Crippen LogP contribution in [-0.4, -0.2) is 11.0 Å². The lowest BCUT2D eigenvalue weighted by Gasteiger charge is -2.19. The average Bonchev–Trinajstić information content (AvgIpc) is 2.77. The van der Waals surface area contributed by atoms with E-state index in [9.17, 15) is 4.79 Å². The lowest BCUT2D eigenvalue weighted by molar-refractivity contribution is 0.236. The van der Waals surface area contributed by atoms with Gasteiger partial charge in [0.2, 0.25) is 0 Å². The maximum absolute atomic E-state index is 12.2. The van der Waals surface area contributed by atoms with Crippen molar-refractivity contribution in [3.05, 3.63) is 65.5 Å². The Morgan fingerprint density at radius 2 is 2.09 bits per heavy atom. The van der Waals surface area contributed by atoms with Gasteiger partial charge in [0.25, 0.3) is 0 Å². The van der Waals surface area contributed by atoms with Gasteiger partial charge in [0.1, 0.15) is 0 Å². The molecule has 3 rings (SSSR count). The molecule has 4 nitrogen and oxygen atoms in total. The van der Waals surface area contributed by atoms with Gasteiger partial charge in [-0.25, -0.2) is 4.79 Å². The number of aryl methyl sites for hydroxylation is 1. The van der Waals surface area contributed by atoms with E-state index in [1.54, 1.807) is 12.4 Å². The topological polar surface area (TPSA) is 54.0 Å². The van der Waals surface area contributed by atoms with Crippen molar-refractivity contribution in [1.82, 2.24) is 15.6 Å². The molecule has 2 aromatic rings. The third kappa shape index (κ3) is 3.64. The maximum Gasteiger partial charge on any atom is 0.315 e. The normalized spacial score (nSPS) is 17.2. The Bertz CT molecular complexity index is 627. The second-order valence-electron chi connectivity index (χ2n) is 5.69. The molecule has 22 heavy (non-hydrogen) atoms. The smallest absolute Gasteiger partial charge is 0.315 e. The van der Waals surface area contributed by atoms with Crippen LogP contribution in [0.2, 0.25) is 0 Å².